The summed E-state index contributed by atoms with van der Waals surface area (Å²) in [6, 6.07) is 3.20. The summed E-state index contributed by atoms with van der Waals surface area (Å²) in [4.78, 5) is 25.3. The molecule has 1 fully saturated rings. The summed E-state index contributed by atoms with van der Waals surface area (Å²) >= 11 is 1.91. The molecule has 37 heavy (non-hydrogen) atoms. The Balaban J connectivity index is 2.26. The standard InChI is InChI=1S/C23H28F2IN3O7S/c1-22(2,3)17-14(26)5-6-16(18(17)25)29(21(33)34)19-15(9-13(24)20(32)28(19)4)27-37(35,36)23(7-8-23)10-12(31)11-30/h5-6,9,12,27,30-31H,7-8,10-11H2,1-4H3,(H,33,34). The van der Waals surface area contributed by atoms with Crippen LogP contribution in [0, 0.1) is 15.2 Å². The number of aliphatic hydroxyl groups excluding tert-OH is 2. The Kier molecular flexibility index (Phi) is 8.00. The van der Waals surface area contributed by atoms with Crippen molar-refractivity contribution in [2.45, 2.75) is 56.3 Å². The van der Waals surface area contributed by atoms with Gasteiger partial charge in [0.05, 0.1) is 28.8 Å². The van der Waals surface area contributed by atoms with Crippen molar-refractivity contribution in [3.63, 3.8) is 0 Å². The molecule has 1 atom stereocenters. The van der Waals surface area contributed by atoms with Crippen molar-refractivity contribution in [3.8, 4) is 0 Å². The monoisotopic (exact) mass is 655 g/mol. The van der Waals surface area contributed by atoms with Crippen LogP contribution in [0.5, 0.6) is 0 Å². The lowest BCUT2D eigenvalue weighted by Gasteiger charge is -2.29. The molecular weight excluding hydrogens is 627 g/mol. The van der Waals surface area contributed by atoms with Gasteiger partial charge >= 0.3 is 6.09 Å². The molecule has 1 heterocycles. The number of aromatic nitrogens is 1. The van der Waals surface area contributed by atoms with Gasteiger partial charge in [-0.05, 0) is 59.4 Å². The Morgan fingerprint density at radius 1 is 1.30 bits per heavy atom. The molecule has 204 valence electrons. The van der Waals surface area contributed by atoms with Crippen LogP contribution in [0.15, 0.2) is 23.0 Å². The van der Waals surface area contributed by atoms with Crippen LogP contribution in [0.3, 0.4) is 0 Å². The van der Waals surface area contributed by atoms with Gasteiger partial charge in [0.25, 0.3) is 5.56 Å². The Hall–Kier alpha value is -2.30. The first-order chi connectivity index (χ1) is 17.0. The van der Waals surface area contributed by atoms with Crippen LogP contribution in [0.25, 0.3) is 0 Å². The third-order valence-electron chi connectivity index (χ3n) is 6.24. The topological polar surface area (TPSA) is 149 Å². The van der Waals surface area contributed by atoms with E-state index in [-0.39, 0.29) is 24.8 Å². The van der Waals surface area contributed by atoms with Crippen molar-refractivity contribution in [3.05, 3.63) is 49.3 Å². The summed E-state index contributed by atoms with van der Waals surface area (Å²) in [5, 5.41) is 29.1. The predicted octanol–water partition coefficient (Wildman–Crippen LogP) is 3.40. The molecule has 1 aromatic heterocycles. The Bertz CT molecular complexity index is 1400. The normalized spacial score (nSPS) is 15.8. The molecule has 10 nitrogen and oxygen atoms in total. The lowest BCUT2D eigenvalue weighted by molar-refractivity contribution is 0.0858. The summed E-state index contributed by atoms with van der Waals surface area (Å²) in [5.74, 6) is -2.90. The SMILES string of the molecule is Cn1c(N(C(=O)O)c2ccc(I)c(C(C)(C)C)c2F)c(NS(=O)(=O)C2(CC(O)CO)CC2)cc(F)c1=O. The molecule has 0 aliphatic heterocycles. The lowest BCUT2D eigenvalue weighted by Crippen LogP contribution is -2.37. The third-order valence-corrected chi connectivity index (χ3v) is 9.35. The van der Waals surface area contributed by atoms with Crippen LogP contribution in [0.1, 0.15) is 45.6 Å². The van der Waals surface area contributed by atoms with Gasteiger partial charge in [0.2, 0.25) is 10.0 Å². The highest BCUT2D eigenvalue weighted by Gasteiger charge is 2.55. The maximum Gasteiger partial charge on any atom is 0.417 e. The number of rotatable bonds is 8. The largest absolute Gasteiger partial charge is 0.464 e. The second-order valence-corrected chi connectivity index (χ2v) is 13.3. The average Bonchev–Trinajstić information content (AvgIpc) is 3.55. The fourth-order valence-corrected chi connectivity index (χ4v) is 7.15. The molecule has 0 saturated heterocycles. The number of aliphatic hydroxyl groups is 2. The van der Waals surface area contributed by atoms with Crippen LogP contribution in [0.2, 0.25) is 0 Å². The molecule has 0 spiro atoms. The fourth-order valence-electron chi connectivity index (χ4n) is 4.21. The van der Waals surface area contributed by atoms with Gasteiger partial charge in [-0.1, -0.05) is 20.8 Å². The van der Waals surface area contributed by atoms with Crippen molar-refractivity contribution in [2.24, 2.45) is 7.05 Å². The molecule has 1 aliphatic carbocycles. The number of pyridine rings is 1. The molecule has 1 saturated carbocycles. The number of carboxylic acid groups (broad SMARTS) is 1. The zero-order valence-corrected chi connectivity index (χ0v) is 23.5. The fraction of sp³-hybridized carbons (Fsp3) is 0.478. The minimum atomic E-state index is -4.38. The number of nitrogens with one attached hydrogen (secondary N) is 1. The van der Waals surface area contributed by atoms with Crippen LogP contribution in [-0.2, 0) is 22.5 Å². The highest BCUT2D eigenvalue weighted by Crippen LogP contribution is 2.48. The molecule has 3 rings (SSSR count). The molecule has 0 bridgehead atoms. The quantitative estimate of drug-likeness (QED) is 0.319. The highest BCUT2D eigenvalue weighted by molar-refractivity contribution is 14.1. The molecular formula is C23H28F2IN3O7S. The van der Waals surface area contributed by atoms with Crippen LogP contribution < -0.4 is 15.2 Å². The first-order valence-electron chi connectivity index (χ1n) is 11.2. The minimum absolute atomic E-state index is 0.131. The van der Waals surface area contributed by atoms with Crippen LogP contribution in [0.4, 0.5) is 30.8 Å². The smallest absolute Gasteiger partial charge is 0.417 e. The van der Waals surface area contributed by atoms with Crippen LogP contribution in [-0.4, -0.2) is 51.9 Å². The number of hydrogen-bond donors (Lipinski definition) is 4. The van der Waals surface area contributed by atoms with E-state index < -0.39 is 73.4 Å². The maximum absolute atomic E-state index is 15.8. The van der Waals surface area contributed by atoms with E-state index in [1.807, 2.05) is 22.6 Å². The van der Waals surface area contributed by atoms with Gasteiger partial charge in [-0.25, -0.2) is 26.9 Å². The van der Waals surface area contributed by atoms with Crippen molar-refractivity contribution >= 4 is 55.9 Å². The van der Waals surface area contributed by atoms with E-state index in [1.165, 1.54) is 12.1 Å². The Labute approximate surface area is 226 Å². The average molecular weight is 655 g/mol. The van der Waals surface area contributed by atoms with Gasteiger partial charge in [0, 0.05) is 22.2 Å². The van der Waals surface area contributed by atoms with Crippen molar-refractivity contribution in [1.29, 1.82) is 0 Å². The molecule has 1 unspecified atom stereocenters. The predicted molar refractivity (Wildman–Crippen MR) is 142 cm³/mol. The van der Waals surface area contributed by atoms with E-state index in [2.05, 4.69) is 4.72 Å². The Morgan fingerprint density at radius 3 is 2.38 bits per heavy atom. The molecule has 1 aliphatic rings. The number of halogens is 3. The lowest BCUT2D eigenvalue weighted by atomic mass is 9.86. The minimum Gasteiger partial charge on any atom is -0.464 e. The van der Waals surface area contributed by atoms with Gasteiger partial charge in [0.1, 0.15) is 0 Å². The number of carbonyl (C=O) groups is 1. The summed E-state index contributed by atoms with van der Waals surface area (Å²) in [7, 11) is -3.35. The molecule has 1 aromatic carbocycles. The van der Waals surface area contributed by atoms with E-state index in [1.54, 1.807) is 20.8 Å². The number of anilines is 3. The summed E-state index contributed by atoms with van der Waals surface area (Å²) < 4.78 is 58.6. The summed E-state index contributed by atoms with van der Waals surface area (Å²) in [6.45, 7) is 4.51. The molecule has 1 amide bonds. The zero-order chi connectivity index (χ0) is 28.1. The number of sulfonamides is 1. The van der Waals surface area contributed by atoms with Crippen molar-refractivity contribution < 1.29 is 37.3 Å². The number of benzene rings is 1. The Morgan fingerprint density at radius 2 is 1.89 bits per heavy atom. The van der Waals surface area contributed by atoms with E-state index in [0.717, 1.165) is 7.05 Å². The van der Waals surface area contributed by atoms with Crippen molar-refractivity contribution in [2.75, 3.05) is 16.2 Å². The summed E-state index contributed by atoms with van der Waals surface area (Å²) in [6.07, 6.45) is -3.13. The number of hydrogen-bond acceptors (Lipinski definition) is 6. The summed E-state index contributed by atoms with van der Waals surface area (Å²) in [5.41, 5.74) is -2.91. The first kappa shape index (κ1) is 29.3. The second-order valence-electron chi connectivity index (χ2n) is 10.0. The second kappa shape index (κ2) is 10.1. The zero-order valence-electron chi connectivity index (χ0n) is 20.5. The van der Waals surface area contributed by atoms with Gasteiger partial charge < -0.3 is 15.3 Å². The van der Waals surface area contributed by atoms with Gasteiger partial charge in [-0.15, -0.1) is 0 Å². The third kappa shape index (κ3) is 5.47. The molecule has 4 N–H and O–H groups in total. The molecule has 14 heteroatoms. The van der Waals surface area contributed by atoms with Crippen LogP contribution >= 0.6 is 22.6 Å². The van der Waals surface area contributed by atoms with Crippen molar-refractivity contribution in [1.82, 2.24) is 4.57 Å². The van der Waals surface area contributed by atoms with Gasteiger partial charge in [0.15, 0.2) is 17.5 Å². The van der Waals surface area contributed by atoms with E-state index in [0.29, 0.717) is 19.1 Å². The number of amides is 1. The maximum atomic E-state index is 15.8. The first-order valence-corrected chi connectivity index (χ1v) is 13.8. The molecule has 2 aromatic rings. The highest BCUT2D eigenvalue weighted by atomic mass is 127. The van der Waals surface area contributed by atoms with Gasteiger partial charge in [-0.2, -0.15) is 0 Å². The van der Waals surface area contributed by atoms with E-state index >= 15 is 4.39 Å². The molecule has 0 radical (unpaired) electrons. The van der Waals surface area contributed by atoms with Gasteiger partial charge in [-0.3, -0.25) is 14.1 Å². The van der Waals surface area contributed by atoms with E-state index in [4.69, 9.17) is 5.11 Å². The number of nitrogens with zero attached hydrogens (tertiary/aromatic N) is 2. The van der Waals surface area contributed by atoms with E-state index in [9.17, 15) is 32.6 Å².